The first-order chi connectivity index (χ1) is 9.88. The Labute approximate surface area is 132 Å². The van der Waals surface area contributed by atoms with Crippen molar-refractivity contribution in [1.29, 1.82) is 0 Å². The van der Waals surface area contributed by atoms with Crippen LogP contribution in [0, 0.1) is 0 Å². The normalized spacial score (nSPS) is 11.1. The van der Waals surface area contributed by atoms with Gasteiger partial charge in [-0.3, -0.25) is 4.79 Å². The Balaban J connectivity index is 2.06. The van der Waals surface area contributed by atoms with E-state index in [0.29, 0.717) is 10.6 Å². The maximum Gasteiger partial charge on any atom is 0.261 e. The van der Waals surface area contributed by atoms with E-state index in [2.05, 4.69) is 5.32 Å². The van der Waals surface area contributed by atoms with Crippen LogP contribution in [-0.2, 0) is 15.6 Å². The van der Waals surface area contributed by atoms with Crippen LogP contribution in [0.15, 0.2) is 53.4 Å². The minimum absolute atomic E-state index is 0.0492. The zero-order valence-electron chi connectivity index (χ0n) is 10.7. The molecule has 2 aromatic rings. The van der Waals surface area contributed by atoms with Crippen molar-refractivity contribution in [2.24, 2.45) is 0 Å². The van der Waals surface area contributed by atoms with Crippen LogP contribution < -0.4 is 5.32 Å². The molecule has 0 saturated carbocycles. The quantitative estimate of drug-likeness (QED) is 0.867. The van der Waals surface area contributed by atoms with Crippen LogP contribution in [0.25, 0.3) is 0 Å². The van der Waals surface area contributed by atoms with Gasteiger partial charge >= 0.3 is 0 Å². The molecule has 7 heteroatoms. The van der Waals surface area contributed by atoms with Gasteiger partial charge in [0.05, 0.1) is 4.90 Å². The molecule has 2 aromatic carbocycles. The van der Waals surface area contributed by atoms with E-state index >= 15 is 0 Å². The van der Waals surface area contributed by atoms with Gasteiger partial charge in [0.25, 0.3) is 15.0 Å². The summed E-state index contributed by atoms with van der Waals surface area (Å²) < 4.78 is 22.2. The number of carbonyl (C=O) groups is 1. The summed E-state index contributed by atoms with van der Waals surface area (Å²) in [7, 11) is 1.42. The molecule has 110 valence electrons. The fourth-order valence-corrected chi connectivity index (χ4v) is 2.66. The van der Waals surface area contributed by atoms with Crippen LogP contribution in [0.2, 0.25) is 5.02 Å². The summed E-state index contributed by atoms with van der Waals surface area (Å²) in [6.45, 7) is 0.286. The van der Waals surface area contributed by atoms with Crippen LogP contribution in [0.3, 0.4) is 0 Å². The van der Waals surface area contributed by atoms with Gasteiger partial charge in [-0.1, -0.05) is 29.8 Å². The molecule has 4 nitrogen and oxygen atoms in total. The molecule has 0 aliphatic carbocycles. The molecule has 1 N–H and O–H groups in total. The third-order valence-electron chi connectivity index (χ3n) is 2.80. The first-order valence-electron chi connectivity index (χ1n) is 5.94. The van der Waals surface area contributed by atoms with E-state index in [1.807, 2.05) is 12.1 Å². The third kappa shape index (κ3) is 4.20. The predicted octanol–water partition coefficient (Wildman–Crippen LogP) is 3.20. The molecule has 21 heavy (non-hydrogen) atoms. The molecular formula is C14H11Cl2NO3S. The molecule has 0 saturated heterocycles. The van der Waals surface area contributed by atoms with E-state index < -0.39 is 9.05 Å². The molecule has 0 aromatic heterocycles. The molecule has 0 aliphatic heterocycles. The molecule has 0 unspecified atom stereocenters. The van der Waals surface area contributed by atoms with Crippen LogP contribution in [0.5, 0.6) is 0 Å². The number of rotatable bonds is 4. The van der Waals surface area contributed by atoms with Gasteiger partial charge in [0.2, 0.25) is 0 Å². The molecular weight excluding hydrogens is 333 g/mol. The largest absolute Gasteiger partial charge is 0.348 e. The highest BCUT2D eigenvalue weighted by Crippen LogP contribution is 2.16. The monoisotopic (exact) mass is 343 g/mol. The van der Waals surface area contributed by atoms with Crippen LogP contribution in [0.4, 0.5) is 0 Å². The van der Waals surface area contributed by atoms with E-state index in [1.165, 1.54) is 24.3 Å². The van der Waals surface area contributed by atoms with Gasteiger partial charge in [0, 0.05) is 27.8 Å². The van der Waals surface area contributed by atoms with Crippen molar-refractivity contribution in [2.75, 3.05) is 0 Å². The van der Waals surface area contributed by atoms with Crippen LogP contribution >= 0.6 is 22.3 Å². The molecule has 0 aliphatic rings. The van der Waals surface area contributed by atoms with E-state index in [-0.39, 0.29) is 17.3 Å². The van der Waals surface area contributed by atoms with Crippen molar-refractivity contribution >= 4 is 37.2 Å². The number of halogens is 2. The van der Waals surface area contributed by atoms with E-state index in [0.717, 1.165) is 5.56 Å². The highest BCUT2D eigenvalue weighted by Gasteiger charge is 2.11. The molecule has 0 heterocycles. The zero-order chi connectivity index (χ0) is 15.5. The molecule has 1 amide bonds. The van der Waals surface area contributed by atoms with Gasteiger partial charge in [-0.2, -0.15) is 0 Å². The van der Waals surface area contributed by atoms with Gasteiger partial charge in [0.15, 0.2) is 0 Å². The summed E-state index contributed by atoms with van der Waals surface area (Å²) in [5.41, 5.74) is 1.14. The second-order valence-electron chi connectivity index (χ2n) is 4.24. The SMILES string of the molecule is O=C(NCc1ccccc1Cl)c1ccc(S(=O)(=O)Cl)cc1. The maximum absolute atomic E-state index is 12.0. The minimum Gasteiger partial charge on any atom is -0.348 e. The van der Waals surface area contributed by atoms with Crippen LogP contribution in [0.1, 0.15) is 15.9 Å². The topological polar surface area (TPSA) is 63.2 Å². The number of hydrogen-bond donors (Lipinski definition) is 1. The smallest absolute Gasteiger partial charge is 0.261 e. The number of carbonyl (C=O) groups excluding carboxylic acids is 1. The highest BCUT2D eigenvalue weighted by molar-refractivity contribution is 8.13. The highest BCUT2D eigenvalue weighted by atomic mass is 35.7. The first-order valence-corrected chi connectivity index (χ1v) is 8.63. The molecule has 0 spiro atoms. The van der Waals surface area contributed by atoms with E-state index in [1.54, 1.807) is 12.1 Å². The fraction of sp³-hybridized carbons (Fsp3) is 0.0714. The van der Waals surface area contributed by atoms with Crippen molar-refractivity contribution in [1.82, 2.24) is 5.32 Å². The summed E-state index contributed by atoms with van der Waals surface area (Å²) in [6.07, 6.45) is 0. The second-order valence-corrected chi connectivity index (χ2v) is 7.21. The third-order valence-corrected chi connectivity index (χ3v) is 4.53. The van der Waals surface area contributed by atoms with Crippen molar-refractivity contribution in [3.05, 3.63) is 64.7 Å². The minimum atomic E-state index is -3.78. The lowest BCUT2D eigenvalue weighted by Gasteiger charge is -2.07. The fourth-order valence-electron chi connectivity index (χ4n) is 1.69. The maximum atomic E-state index is 12.0. The summed E-state index contributed by atoms with van der Waals surface area (Å²) >= 11 is 5.99. The summed E-state index contributed by atoms with van der Waals surface area (Å²) in [5.74, 6) is -0.326. The Kier molecular flexibility index (Phi) is 4.88. The van der Waals surface area contributed by atoms with Gasteiger partial charge in [0.1, 0.15) is 0 Å². The average molecular weight is 344 g/mol. The number of amides is 1. The Morgan fingerprint density at radius 2 is 1.67 bits per heavy atom. The van der Waals surface area contributed by atoms with Crippen molar-refractivity contribution < 1.29 is 13.2 Å². The molecule has 0 atom stereocenters. The predicted molar refractivity (Wildman–Crippen MR) is 82.1 cm³/mol. The lowest BCUT2D eigenvalue weighted by molar-refractivity contribution is 0.0951. The van der Waals surface area contributed by atoms with Gasteiger partial charge in [-0.25, -0.2) is 8.42 Å². The van der Waals surface area contributed by atoms with Crippen molar-refractivity contribution in [3.63, 3.8) is 0 Å². The Hall–Kier alpha value is -1.56. The van der Waals surface area contributed by atoms with Gasteiger partial charge in [-0.05, 0) is 35.9 Å². The molecule has 0 radical (unpaired) electrons. The van der Waals surface area contributed by atoms with Gasteiger partial charge < -0.3 is 5.32 Å². The molecule has 0 bridgehead atoms. The summed E-state index contributed by atoms with van der Waals surface area (Å²) in [6, 6.07) is 12.6. The first kappa shape index (κ1) is 15.8. The van der Waals surface area contributed by atoms with Crippen LogP contribution in [-0.4, -0.2) is 14.3 Å². The zero-order valence-corrected chi connectivity index (χ0v) is 13.0. The number of nitrogens with one attached hydrogen (secondary N) is 1. The number of hydrogen-bond acceptors (Lipinski definition) is 3. The van der Waals surface area contributed by atoms with Gasteiger partial charge in [-0.15, -0.1) is 0 Å². The van der Waals surface area contributed by atoms with Crippen molar-refractivity contribution in [2.45, 2.75) is 11.4 Å². The average Bonchev–Trinajstić information content (AvgIpc) is 2.45. The second kappa shape index (κ2) is 6.47. The summed E-state index contributed by atoms with van der Waals surface area (Å²) in [4.78, 5) is 11.9. The number of benzene rings is 2. The lowest BCUT2D eigenvalue weighted by Crippen LogP contribution is -2.22. The molecule has 0 fully saturated rings. The summed E-state index contributed by atoms with van der Waals surface area (Å²) in [5, 5.41) is 3.28. The van der Waals surface area contributed by atoms with Crippen molar-refractivity contribution in [3.8, 4) is 0 Å². The van der Waals surface area contributed by atoms with E-state index in [4.69, 9.17) is 22.3 Å². The Morgan fingerprint density at radius 1 is 1.05 bits per heavy atom. The lowest BCUT2D eigenvalue weighted by atomic mass is 10.2. The standard InChI is InChI=1S/C14H11Cl2NO3S/c15-13-4-2-1-3-11(13)9-17-14(18)10-5-7-12(8-6-10)21(16,19)20/h1-8H,9H2,(H,17,18). The molecule has 2 rings (SSSR count). The van der Waals surface area contributed by atoms with E-state index in [9.17, 15) is 13.2 Å². The Morgan fingerprint density at radius 3 is 2.24 bits per heavy atom. The Bertz CT molecular complexity index is 758.